The number of para-hydroxylation sites is 1. The molecule has 1 amide bonds. The monoisotopic (exact) mass is 319 g/mol. The van der Waals surface area contributed by atoms with E-state index in [0.717, 1.165) is 16.3 Å². The van der Waals surface area contributed by atoms with Crippen LogP contribution >= 0.6 is 11.3 Å². The van der Waals surface area contributed by atoms with Crippen LogP contribution in [-0.2, 0) is 4.79 Å². The third kappa shape index (κ3) is 4.80. The molecular weight excluding hydrogens is 298 g/mol. The maximum Gasteiger partial charge on any atom is 0.226 e. The summed E-state index contributed by atoms with van der Waals surface area (Å²) in [5.74, 6) is 1.14. The van der Waals surface area contributed by atoms with Crippen LogP contribution in [0.3, 0.4) is 0 Å². The quantitative estimate of drug-likeness (QED) is 0.789. The van der Waals surface area contributed by atoms with Crippen molar-refractivity contribution in [2.24, 2.45) is 0 Å². The Morgan fingerprint density at radius 2 is 2.09 bits per heavy atom. The van der Waals surface area contributed by atoms with Crippen molar-refractivity contribution in [1.29, 1.82) is 0 Å². The summed E-state index contributed by atoms with van der Waals surface area (Å²) in [5.41, 5.74) is 1.10. The fraction of sp³-hybridized carbons (Fsp3) is 0.438. The van der Waals surface area contributed by atoms with Crippen molar-refractivity contribution < 1.29 is 9.53 Å². The lowest BCUT2D eigenvalue weighted by Crippen LogP contribution is -2.12. The highest BCUT2D eigenvalue weighted by atomic mass is 32.1. The van der Waals surface area contributed by atoms with Gasteiger partial charge in [-0.25, -0.2) is 0 Å². The van der Waals surface area contributed by atoms with Crippen molar-refractivity contribution >= 4 is 22.4 Å². The van der Waals surface area contributed by atoms with E-state index in [1.165, 1.54) is 11.3 Å². The normalized spacial score (nSPS) is 10.7. The average Bonchev–Trinajstić information content (AvgIpc) is 2.94. The molecule has 1 aromatic carbocycles. The summed E-state index contributed by atoms with van der Waals surface area (Å²) < 4.78 is 5.67. The highest BCUT2D eigenvalue weighted by Crippen LogP contribution is 2.22. The summed E-state index contributed by atoms with van der Waals surface area (Å²) in [7, 11) is 0. The lowest BCUT2D eigenvalue weighted by Gasteiger charge is -2.08. The molecule has 0 aliphatic rings. The van der Waals surface area contributed by atoms with Gasteiger partial charge < -0.3 is 10.1 Å². The van der Waals surface area contributed by atoms with Gasteiger partial charge in [-0.3, -0.25) is 4.79 Å². The van der Waals surface area contributed by atoms with Gasteiger partial charge >= 0.3 is 0 Å². The lowest BCUT2D eigenvalue weighted by molar-refractivity contribution is -0.116. The third-order valence-corrected chi connectivity index (χ3v) is 4.22. The predicted octanol–water partition coefficient (Wildman–Crippen LogP) is 3.77. The Morgan fingerprint density at radius 1 is 1.32 bits per heavy atom. The summed E-state index contributed by atoms with van der Waals surface area (Å²) >= 11 is 1.42. The van der Waals surface area contributed by atoms with Crippen LogP contribution in [0.4, 0.5) is 5.13 Å². The number of anilines is 1. The van der Waals surface area contributed by atoms with Gasteiger partial charge in [-0.15, -0.1) is 10.2 Å². The number of aromatic nitrogens is 2. The molecule has 0 spiro atoms. The third-order valence-electron chi connectivity index (χ3n) is 3.08. The van der Waals surface area contributed by atoms with Crippen LogP contribution in [0.2, 0.25) is 0 Å². The smallest absolute Gasteiger partial charge is 0.226 e. The van der Waals surface area contributed by atoms with Gasteiger partial charge in [0.2, 0.25) is 11.0 Å². The van der Waals surface area contributed by atoms with Crippen LogP contribution in [0, 0.1) is 6.92 Å². The largest absolute Gasteiger partial charge is 0.493 e. The first kappa shape index (κ1) is 16.4. The molecule has 0 fully saturated rings. The Balaban J connectivity index is 1.70. The molecule has 2 rings (SSSR count). The molecule has 0 aliphatic carbocycles. The molecule has 2 aromatic rings. The van der Waals surface area contributed by atoms with E-state index in [2.05, 4.69) is 29.4 Å². The second-order valence-corrected chi connectivity index (χ2v) is 6.37. The van der Waals surface area contributed by atoms with E-state index in [9.17, 15) is 4.79 Å². The number of carbonyl (C=O) groups excluding carboxylic acids is 1. The Kier molecular flexibility index (Phi) is 5.89. The standard InChI is InChI=1S/C16H21N3O2S/c1-11(2)15-18-19-16(22-15)17-14(20)9-6-10-21-13-8-5-4-7-12(13)3/h4-5,7-8,11H,6,9-10H2,1-3H3,(H,17,19,20). The van der Waals surface area contributed by atoms with Crippen LogP contribution in [-0.4, -0.2) is 22.7 Å². The Hall–Kier alpha value is -1.95. The molecule has 118 valence electrons. The Labute approximate surface area is 134 Å². The molecule has 1 heterocycles. The topological polar surface area (TPSA) is 64.1 Å². The number of rotatable bonds is 7. The minimum atomic E-state index is -0.0557. The molecule has 0 atom stereocenters. The van der Waals surface area contributed by atoms with Gasteiger partial charge in [0.05, 0.1) is 6.61 Å². The van der Waals surface area contributed by atoms with Gasteiger partial charge in [0.25, 0.3) is 0 Å². The summed E-state index contributed by atoms with van der Waals surface area (Å²) in [6, 6.07) is 7.85. The van der Waals surface area contributed by atoms with Crippen LogP contribution in [0.25, 0.3) is 0 Å². The van der Waals surface area contributed by atoms with E-state index in [1.807, 2.05) is 31.2 Å². The molecule has 22 heavy (non-hydrogen) atoms. The van der Waals surface area contributed by atoms with Gasteiger partial charge in [-0.05, 0) is 25.0 Å². The van der Waals surface area contributed by atoms with Gasteiger partial charge in [0.15, 0.2) is 0 Å². The van der Waals surface area contributed by atoms with Crippen LogP contribution in [0.1, 0.15) is 43.2 Å². The van der Waals surface area contributed by atoms with E-state index in [1.54, 1.807) is 0 Å². The molecule has 0 radical (unpaired) electrons. The zero-order chi connectivity index (χ0) is 15.9. The highest BCUT2D eigenvalue weighted by Gasteiger charge is 2.10. The van der Waals surface area contributed by atoms with Crippen molar-refractivity contribution in [2.75, 3.05) is 11.9 Å². The van der Waals surface area contributed by atoms with E-state index < -0.39 is 0 Å². The van der Waals surface area contributed by atoms with E-state index in [4.69, 9.17) is 4.74 Å². The van der Waals surface area contributed by atoms with E-state index in [0.29, 0.717) is 30.5 Å². The molecule has 0 saturated heterocycles. The summed E-state index contributed by atoms with van der Waals surface area (Å²) in [5, 5.41) is 12.3. The van der Waals surface area contributed by atoms with Crippen molar-refractivity contribution in [1.82, 2.24) is 10.2 Å². The zero-order valence-electron chi connectivity index (χ0n) is 13.1. The van der Waals surface area contributed by atoms with E-state index >= 15 is 0 Å². The number of nitrogens with one attached hydrogen (secondary N) is 1. The summed E-state index contributed by atoms with van der Waals surface area (Å²) in [6.07, 6.45) is 1.07. The maximum absolute atomic E-state index is 11.8. The van der Waals surface area contributed by atoms with Crippen molar-refractivity contribution in [3.63, 3.8) is 0 Å². The molecule has 0 unspecified atom stereocenters. The first-order valence-electron chi connectivity index (χ1n) is 7.38. The first-order valence-corrected chi connectivity index (χ1v) is 8.19. The number of hydrogen-bond acceptors (Lipinski definition) is 5. The van der Waals surface area contributed by atoms with E-state index in [-0.39, 0.29) is 5.91 Å². The fourth-order valence-electron chi connectivity index (χ4n) is 1.83. The molecule has 0 saturated carbocycles. The molecule has 0 bridgehead atoms. The molecule has 0 aliphatic heterocycles. The van der Waals surface area contributed by atoms with Gasteiger partial charge in [-0.2, -0.15) is 0 Å². The molecule has 1 aromatic heterocycles. The van der Waals surface area contributed by atoms with Crippen LogP contribution in [0.5, 0.6) is 5.75 Å². The van der Waals surface area contributed by atoms with Crippen molar-refractivity contribution in [2.45, 2.75) is 39.5 Å². The highest BCUT2D eigenvalue weighted by molar-refractivity contribution is 7.15. The second kappa shape index (κ2) is 7.89. The number of ether oxygens (including phenoxy) is 1. The first-order chi connectivity index (χ1) is 10.6. The lowest BCUT2D eigenvalue weighted by atomic mass is 10.2. The SMILES string of the molecule is Cc1ccccc1OCCCC(=O)Nc1nnc(C(C)C)s1. The minimum absolute atomic E-state index is 0.0557. The number of amides is 1. The zero-order valence-corrected chi connectivity index (χ0v) is 13.9. The number of carbonyl (C=O) groups is 1. The minimum Gasteiger partial charge on any atom is -0.493 e. The van der Waals surface area contributed by atoms with Gasteiger partial charge in [0, 0.05) is 12.3 Å². The molecule has 6 heteroatoms. The summed E-state index contributed by atoms with van der Waals surface area (Å²) in [6.45, 7) is 6.62. The Bertz CT molecular complexity index is 625. The Morgan fingerprint density at radius 3 is 2.77 bits per heavy atom. The van der Waals surface area contributed by atoms with Crippen molar-refractivity contribution in [3.05, 3.63) is 34.8 Å². The maximum atomic E-state index is 11.8. The number of nitrogens with zero attached hydrogens (tertiary/aromatic N) is 2. The molecule has 1 N–H and O–H groups in total. The fourth-order valence-corrected chi connectivity index (χ4v) is 2.60. The predicted molar refractivity (Wildman–Crippen MR) is 88.5 cm³/mol. The number of benzene rings is 1. The molecule has 5 nitrogen and oxygen atoms in total. The van der Waals surface area contributed by atoms with Crippen molar-refractivity contribution in [3.8, 4) is 5.75 Å². The van der Waals surface area contributed by atoms with Crippen LogP contribution in [0.15, 0.2) is 24.3 Å². The summed E-state index contributed by atoms with van der Waals surface area (Å²) in [4.78, 5) is 11.8. The second-order valence-electron chi connectivity index (χ2n) is 5.37. The number of aryl methyl sites for hydroxylation is 1. The van der Waals surface area contributed by atoms with Gasteiger partial charge in [-0.1, -0.05) is 43.4 Å². The van der Waals surface area contributed by atoms with Crippen LogP contribution < -0.4 is 10.1 Å². The molecular formula is C16H21N3O2S. The van der Waals surface area contributed by atoms with Gasteiger partial charge in [0.1, 0.15) is 10.8 Å². The number of hydrogen-bond donors (Lipinski definition) is 1. The average molecular weight is 319 g/mol.